The zero-order chi connectivity index (χ0) is 15.5. The predicted octanol–water partition coefficient (Wildman–Crippen LogP) is 0.878. The molecule has 2 aromatic rings. The van der Waals surface area contributed by atoms with Crippen molar-refractivity contribution >= 4 is 12.2 Å². The SMILES string of the molecule is COc1ccc(-c2nn(C[NH+]3CCC[C@H](O)C3)c(=S)o2)cc1. The third kappa shape index (κ3) is 3.37. The second-order valence-corrected chi connectivity index (χ2v) is 5.91. The number of likely N-dealkylation sites (tertiary alicyclic amines) is 1. The van der Waals surface area contributed by atoms with Crippen molar-refractivity contribution in [2.24, 2.45) is 0 Å². The molecule has 0 aliphatic carbocycles. The van der Waals surface area contributed by atoms with E-state index in [1.165, 1.54) is 4.90 Å². The van der Waals surface area contributed by atoms with Crippen LogP contribution in [-0.4, -0.2) is 41.2 Å². The second-order valence-electron chi connectivity index (χ2n) is 5.56. The molecule has 1 aliphatic rings. The fraction of sp³-hybridized carbons (Fsp3) is 0.467. The molecule has 0 bridgehead atoms. The number of nitrogens with one attached hydrogen (secondary N) is 1. The van der Waals surface area contributed by atoms with Crippen molar-refractivity contribution in [3.63, 3.8) is 0 Å². The summed E-state index contributed by atoms with van der Waals surface area (Å²) in [5.41, 5.74) is 0.860. The minimum atomic E-state index is -0.231. The summed E-state index contributed by atoms with van der Waals surface area (Å²) >= 11 is 5.25. The van der Waals surface area contributed by atoms with Gasteiger partial charge >= 0.3 is 0 Å². The third-order valence-corrected chi connectivity index (χ3v) is 4.20. The molecule has 118 valence electrons. The van der Waals surface area contributed by atoms with E-state index in [0.29, 0.717) is 17.4 Å². The first-order valence-corrected chi connectivity index (χ1v) is 7.80. The number of nitrogens with zero attached hydrogens (tertiary/aromatic N) is 2. The quantitative estimate of drug-likeness (QED) is 0.818. The Labute approximate surface area is 133 Å². The van der Waals surface area contributed by atoms with Gasteiger partial charge in [0.2, 0.25) is 5.89 Å². The highest BCUT2D eigenvalue weighted by atomic mass is 32.1. The number of ether oxygens (including phenoxy) is 1. The maximum atomic E-state index is 9.75. The molecule has 2 heterocycles. The van der Waals surface area contributed by atoms with Crippen LogP contribution in [0.25, 0.3) is 11.5 Å². The van der Waals surface area contributed by atoms with E-state index in [1.807, 2.05) is 24.3 Å². The standard InChI is InChI=1S/C15H19N3O3S/c1-20-13-6-4-11(5-7-13)14-16-18(15(22)21-14)10-17-8-2-3-12(19)9-17/h4-7,12,19H,2-3,8-10H2,1H3/p+1/t12-/m0/s1. The number of aliphatic hydroxyl groups excluding tert-OH is 1. The van der Waals surface area contributed by atoms with E-state index in [-0.39, 0.29) is 6.10 Å². The maximum absolute atomic E-state index is 9.75. The summed E-state index contributed by atoms with van der Waals surface area (Å²) < 4.78 is 12.4. The number of aromatic nitrogens is 2. The first kappa shape index (κ1) is 15.2. The van der Waals surface area contributed by atoms with Crippen LogP contribution in [0.5, 0.6) is 5.75 Å². The highest BCUT2D eigenvalue weighted by molar-refractivity contribution is 7.71. The summed E-state index contributed by atoms with van der Waals surface area (Å²) in [6.45, 7) is 2.37. The van der Waals surface area contributed by atoms with Gasteiger partial charge in [-0.15, -0.1) is 5.10 Å². The third-order valence-electron chi connectivity index (χ3n) is 3.91. The Morgan fingerprint density at radius 3 is 2.91 bits per heavy atom. The van der Waals surface area contributed by atoms with Crippen molar-refractivity contribution in [3.8, 4) is 17.2 Å². The van der Waals surface area contributed by atoms with Gasteiger partial charge < -0.3 is 19.2 Å². The molecule has 2 N–H and O–H groups in total. The molecule has 1 saturated heterocycles. The van der Waals surface area contributed by atoms with E-state index in [4.69, 9.17) is 21.4 Å². The minimum absolute atomic E-state index is 0.231. The number of piperidine rings is 1. The molecule has 6 nitrogen and oxygen atoms in total. The van der Waals surface area contributed by atoms with E-state index in [0.717, 1.165) is 37.2 Å². The number of hydrogen-bond acceptors (Lipinski definition) is 5. The van der Waals surface area contributed by atoms with E-state index in [9.17, 15) is 5.11 Å². The van der Waals surface area contributed by atoms with Crippen molar-refractivity contribution < 1.29 is 19.2 Å². The van der Waals surface area contributed by atoms with Gasteiger partial charge in [0, 0.05) is 5.56 Å². The van der Waals surface area contributed by atoms with Crippen molar-refractivity contribution in [1.29, 1.82) is 0 Å². The first-order chi connectivity index (χ1) is 10.7. The van der Waals surface area contributed by atoms with Gasteiger partial charge in [-0.05, 0) is 49.3 Å². The van der Waals surface area contributed by atoms with Crippen LogP contribution in [0.1, 0.15) is 12.8 Å². The lowest BCUT2D eigenvalue weighted by atomic mass is 10.1. The number of quaternary nitrogens is 1. The smallest absolute Gasteiger partial charge is 0.292 e. The largest absolute Gasteiger partial charge is 0.497 e. The topological polar surface area (TPSA) is 64.9 Å². The lowest BCUT2D eigenvalue weighted by Crippen LogP contribution is -3.13. The van der Waals surface area contributed by atoms with Gasteiger partial charge in [0.05, 0.1) is 13.7 Å². The molecule has 1 aromatic heterocycles. The van der Waals surface area contributed by atoms with Crippen LogP contribution in [0.4, 0.5) is 0 Å². The number of benzene rings is 1. The Kier molecular flexibility index (Phi) is 4.56. The highest BCUT2D eigenvalue weighted by Crippen LogP contribution is 2.20. The van der Waals surface area contributed by atoms with Gasteiger partial charge in [-0.1, -0.05) is 0 Å². The molecule has 0 radical (unpaired) electrons. The van der Waals surface area contributed by atoms with Crippen LogP contribution in [0.2, 0.25) is 0 Å². The van der Waals surface area contributed by atoms with Gasteiger partial charge in [-0.25, -0.2) is 0 Å². The summed E-state index contributed by atoms with van der Waals surface area (Å²) in [5, 5.41) is 14.2. The minimum Gasteiger partial charge on any atom is -0.497 e. The molecule has 1 aliphatic heterocycles. The van der Waals surface area contributed by atoms with Gasteiger partial charge in [0.15, 0.2) is 6.67 Å². The van der Waals surface area contributed by atoms with Crippen molar-refractivity contribution in [2.75, 3.05) is 20.2 Å². The molecule has 7 heteroatoms. The maximum Gasteiger partial charge on any atom is 0.292 e. The molecule has 2 atom stereocenters. The molecule has 22 heavy (non-hydrogen) atoms. The van der Waals surface area contributed by atoms with Crippen LogP contribution in [0.3, 0.4) is 0 Å². The summed E-state index contributed by atoms with van der Waals surface area (Å²) in [4.78, 5) is 1.63. The van der Waals surface area contributed by atoms with Crippen LogP contribution in [0, 0.1) is 4.84 Å². The number of rotatable bonds is 4. The van der Waals surface area contributed by atoms with Crippen molar-refractivity contribution in [1.82, 2.24) is 9.78 Å². The highest BCUT2D eigenvalue weighted by Gasteiger charge is 2.22. The fourth-order valence-electron chi connectivity index (χ4n) is 2.74. The van der Waals surface area contributed by atoms with E-state index >= 15 is 0 Å². The van der Waals surface area contributed by atoms with E-state index in [2.05, 4.69) is 5.10 Å². The zero-order valence-electron chi connectivity index (χ0n) is 12.5. The van der Waals surface area contributed by atoms with Crippen molar-refractivity contribution in [2.45, 2.75) is 25.6 Å². The average Bonchev–Trinajstić information content (AvgIpc) is 2.88. The predicted molar refractivity (Wildman–Crippen MR) is 83.3 cm³/mol. The molecular formula is C15H20N3O3S+. The Morgan fingerprint density at radius 2 is 2.23 bits per heavy atom. The first-order valence-electron chi connectivity index (χ1n) is 7.39. The molecule has 1 fully saturated rings. The Balaban J connectivity index is 1.76. The number of methoxy groups -OCH3 is 1. The van der Waals surface area contributed by atoms with E-state index in [1.54, 1.807) is 11.8 Å². The lowest BCUT2D eigenvalue weighted by molar-refractivity contribution is -0.931. The van der Waals surface area contributed by atoms with Gasteiger partial charge in [0.1, 0.15) is 18.4 Å². The molecule has 1 unspecified atom stereocenters. The molecule has 1 aromatic carbocycles. The number of aliphatic hydroxyl groups is 1. The normalized spacial score (nSPS) is 21.7. The van der Waals surface area contributed by atoms with Gasteiger partial charge in [0.25, 0.3) is 4.84 Å². The molecule has 0 amide bonds. The van der Waals surface area contributed by atoms with Crippen LogP contribution in [-0.2, 0) is 6.67 Å². The van der Waals surface area contributed by atoms with Crippen molar-refractivity contribution in [3.05, 3.63) is 29.1 Å². The molecule has 0 saturated carbocycles. The van der Waals surface area contributed by atoms with Gasteiger partial charge in [-0.2, -0.15) is 4.68 Å². The van der Waals surface area contributed by atoms with Crippen LogP contribution >= 0.6 is 12.2 Å². The average molecular weight is 322 g/mol. The Morgan fingerprint density at radius 1 is 1.45 bits per heavy atom. The Hall–Kier alpha value is -1.70. The molecule has 3 rings (SSSR count). The summed E-state index contributed by atoms with van der Waals surface area (Å²) in [6.07, 6.45) is 1.67. The summed E-state index contributed by atoms with van der Waals surface area (Å²) in [7, 11) is 1.63. The molecule has 0 spiro atoms. The lowest BCUT2D eigenvalue weighted by Gasteiger charge is -2.26. The molecular weight excluding hydrogens is 302 g/mol. The van der Waals surface area contributed by atoms with Crippen LogP contribution in [0.15, 0.2) is 28.7 Å². The monoisotopic (exact) mass is 322 g/mol. The zero-order valence-corrected chi connectivity index (χ0v) is 13.3. The van der Waals surface area contributed by atoms with E-state index < -0.39 is 0 Å². The number of hydrogen-bond donors (Lipinski definition) is 2. The van der Waals surface area contributed by atoms with Gasteiger partial charge in [-0.3, -0.25) is 0 Å². The summed E-state index contributed by atoms with van der Waals surface area (Å²) in [6, 6.07) is 7.50. The fourth-order valence-corrected chi connectivity index (χ4v) is 2.92. The van der Waals surface area contributed by atoms with Crippen LogP contribution < -0.4 is 9.64 Å². The summed E-state index contributed by atoms with van der Waals surface area (Å²) in [5.74, 6) is 1.29. The second kappa shape index (κ2) is 6.60. The Bertz CT molecular complexity index is 680.